The first-order chi connectivity index (χ1) is 13.7. The number of hydrogen-bond acceptors (Lipinski definition) is 6. The molecule has 2 aliphatic rings. The van der Waals surface area contributed by atoms with E-state index in [1.165, 1.54) is 31.4 Å². The van der Waals surface area contributed by atoms with Crippen LogP contribution in [0.25, 0.3) is 0 Å². The maximum Gasteiger partial charge on any atom is 0.227 e. The van der Waals surface area contributed by atoms with Crippen LogP contribution in [0, 0.1) is 6.92 Å². The first-order valence-electron chi connectivity index (χ1n) is 10.6. The first kappa shape index (κ1) is 19.0. The van der Waals surface area contributed by atoms with Crippen LogP contribution < -0.4 is 15.1 Å². The molecule has 28 heavy (non-hydrogen) atoms. The van der Waals surface area contributed by atoms with E-state index in [0.29, 0.717) is 0 Å². The summed E-state index contributed by atoms with van der Waals surface area (Å²) < 4.78 is 0. The van der Waals surface area contributed by atoms with Crippen molar-refractivity contribution in [1.29, 1.82) is 0 Å². The number of aryl methyl sites for hydroxylation is 1. The molecular formula is C22H32N6. The predicted molar refractivity (Wildman–Crippen MR) is 117 cm³/mol. The second-order valence-corrected chi connectivity index (χ2v) is 8.06. The summed E-state index contributed by atoms with van der Waals surface area (Å²) in [5.41, 5.74) is 3.37. The van der Waals surface area contributed by atoms with Crippen LogP contribution >= 0.6 is 0 Å². The maximum atomic E-state index is 4.80. The van der Waals surface area contributed by atoms with Crippen molar-refractivity contribution < 1.29 is 0 Å². The Morgan fingerprint density at radius 3 is 2.14 bits per heavy atom. The summed E-state index contributed by atoms with van der Waals surface area (Å²) in [6.45, 7) is 8.59. The number of nitrogens with one attached hydrogen (secondary N) is 1. The molecular weight excluding hydrogens is 348 g/mol. The van der Waals surface area contributed by atoms with E-state index in [1.807, 2.05) is 13.0 Å². The van der Waals surface area contributed by atoms with Crippen molar-refractivity contribution in [3.63, 3.8) is 0 Å². The lowest BCUT2D eigenvalue weighted by molar-refractivity contribution is 0.313. The molecule has 2 aromatic rings. The molecule has 1 N–H and O–H groups in total. The van der Waals surface area contributed by atoms with E-state index in [0.717, 1.165) is 62.4 Å². The molecule has 2 saturated heterocycles. The summed E-state index contributed by atoms with van der Waals surface area (Å²) >= 11 is 0. The third-order valence-electron chi connectivity index (χ3n) is 5.74. The van der Waals surface area contributed by atoms with Gasteiger partial charge in [-0.1, -0.05) is 12.8 Å². The summed E-state index contributed by atoms with van der Waals surface area (Å²) in [5.74, 6) is 1.73. The van der Waals surface area contributed by atoms with Gasteiger partial charge >= 0.3 is 0 Å². The fourth-order valence-corrected chi connectivity index (χ4v) is 4.00. The van der Waals surface area contributed by atoms with Crippen LogP contribution in [0.4, 0.5) is 23.1 Å². The number of likely N-dealkylation sites (N-methyl/N-ethyl adjacent to an activating group) is 1. The zero-order valence-corrected chi connectivity index (χ0v) is 17.2. The van der Waals surface area contributed by atoms with Crippen LogP contribution in [0.1, 0.15) is 31.4 Å². The van der Waals surface area contributed by atoms with Crippen molar-refractivity contribution in [2.45, 2.75) is 32.6 Å². The minimum atomic E-state index is 0.860. The van der Waals surface area contributed by atoms with Gasteiger partial charge in [-0.25, -0.2) is 4.98 Å². The molecule has 2 fully saturated rings. The second kappa shape index (κ2) is 8.78. The highest BCUT2D eigenvalue weighted by Crippen LogP contribution is 2.23. The average Bonchev–Trinajstić information content (AvgIpc) is 2.98. The molecule has 4 rings (SSSR count). The zero-order valence-electron chi connectivity index (χ0n) is 17.2. The average molecular weight is 381 g/mol. The number of hydrogen-bond donors (Lipinski definition) is 1. The van der Waals surface area contributed by atoms with E-state index in [2.05, 4.69) is 56.3 Å². The number of benzene rings is 1. The van der Waals surface area contributed by atoms with Crippen molar-refractivity contribution in [3.05, 3.63) is 36.0 Å². The smallest absolute Gasteiger partial charge is 0.227 e. The third kappa shape index (κ3) is 4.73. The predicted octanol–water partition coefficient (Wildman–Crippen LogP) is 3.66. The van der Waals surface area contributed by atoms with Crippen LogP contribution in [-0.2, 0) is 0 Å². The number of piperazine rings is 1. The Morgan fingerprint density at radius 1 is 0.786 bits per heavy atom. The molecule has 0 radical (unpaired) electrons. The quantitative estimate of drug-likeness (QED) is 0.873. The minimum Gasteiger partial charge on any atom is -0.369 e. The normalized spacial score (nSPS) is 18.8. The Bertz CT molecular complexity index is 759. The lowest BCUT2D eigenvalue weighted by atomic mass is 10.2. The Balaban J connectivity index is 1.45. The topological polar surface area (TPSA) is 47.5 Å². The van der Waals surface area contributed by atoms with Gasteiger partial charge in [0.1, 0.15) is 5.82 Å². The Morgan fingerprint density at radius 2 is 1.46 bits per heavy atom. The molecule has 0 amide bonds. The number of rotatable bonds is 4. The number of aromatic nitrogens is 2. The Hall–Kier alpha value is -2.34. The van der Waals surface area contributed by atoms with Crippen molar-refractivity contribution in [2.24, 2.45) is 0 Å². The third-order valence-corrected chi connectivity index (χ3v) is 5.74. The Labute approximate surface area is 168 Å². The first-order valence-corrected chi connectivity index (χ1v) is 10.6. The molecule has 0 atom stereocenters. The van der Waals surface area contributed by atoms with Crippen molar-refractivity contribution in [1.82, 2.24) is 14.9 Å². The SMILES string of the molecule is Cc1cc(Nc2ccc(N3CCN(C)CC3)cc2)nc(N2CCCCCC2)n1. The Kier molecular flexibility index (Phi) is 5.95. The molecule has 1 aromatic heterocycles. The molecule has 0 bridgehead atoms. The van der Waals surface area contributed by atoms with Gasteiger partial charge in [-0.2, -0.15) is 4.98 Å². The zero-order chi connectivity index (χ0) is 19.3. The van der Waals surface area contributed by atoms with Gasteiger partial charge in [-0.15, -0.1) is 0 Å². The molecule has 0 unspecified atom stereocenters. The van der Waals surface area contributed by atoms with E-state index < -0.39 is 0 Å². The van der Waals surface area contributed by atoms with Crippen molar-refractivity contribution in [3.8, 4) is 0 Å². The van der Waals surface area contributed by atoms with Crippen LogP contribution in [0.5, 0.6) is 0 Å². The summed E-state index contributed by atoms with van der Waals surface area (Å²) in [4.78, 5) is 16.7. The van der Waals surface area contributed by atoms with Gasteiger partial charge in [0.05, 0.1) is 0 Å². The highest BCUT2D eigenvalue weighted by Gasteiger charge is 2.15. The van der Waals surface area contributed by atoms with Crippen molar-refractivity contribution in [2.75, 3.05) is 61.4 Å². The molecule has 1 aromatic carbocycles. The number of nitrogens with zero attached hydrogens (tertiary/aromatic N) is 5. The summed E-state index contributed by atoms with van der Waals surface area (Å²) in [7, 11) is 2.19. The molecule has 0 saturated carbocycles. The van der Waals surface area contributed by atoms with Gasteiger partial charge in [0.25, 0.3) is 0 Å². The van der Waals surface area contributed by atoms with Crippen molar-refractivity contribution >= 4 is 23.1 Å². The minimum absolute atomic E-state index is 0.860. The van der Waals surface area contributed by atoms with Crippen LogP contribution in [-0.4, -0.2) is 61.2 Å². The van der Waals surface area contributed by atoms with Gasteiger partial charge in [-0.3, -0.25) is 0 Å². The fraction of sp³-hybridized carbons (Fsp3) is 0.545. The lowest BCUT2D eigenvalue weighted by Crippen LogP contribution is -2.44. The van der Waals surface area contributed by atoms with E-state index >= 15 is 0 Å². The van der Waals surface area contributed by atoms with Crippen LogP contribution in [0.2, 0.25) is 0 Å². The lowest BCUT2D eigenvalue weighted by Gasteiger charge is -2.34. The second-order valence-electron chi connectivity index (χ2n) is 8.06. The fourth-order valence-electron chi connectivity index (χ4n) is 4.00. The molecule has 0 aliphatic carbocycles. The van der Waals surface area contributed by atoms with E-state index in [1.54, 1.807) is 0 Å². The van der Waals surface area contributed by atoms with E-state index in [4.69, 9.17) is 4.98 Å². The van der Waals surface area contributed by atoms with Crippen LogP contribution in [0.15, 0.2) is 30.3 Å². The van der Waals surface area contributed by atoms with E-state index in [9.17, 15) is 0 Å². The molecule has 6 nitrogen and oxygen atoms in total. The van der Waals surface area contributed by atoms with Crippen LogP contribution in [0.3, 0.4) is 0 Å². The summed E-state index contributed by atoms with van der Waals surface area (Å²) in [6, 6.07) is 10.7. The molecule has 3 heterocycles. The molecule has 0 spiro atoms. The van der Waals surface area contributed by atoms with E-state index in [-0.39, 0.29) is 0 Å². The number of anilines is 4. The van der Waals surface area contributed by atoms with Gasteiger partial charge in [0, 0.05) is 62.4 Å². The van der Waals surface area contributed by atoms with Gasteiger partial charge < -0.3 is 20.0 Å². The monoisotopic (exact) mass is 380 g/mol. The highest BCUT2D eigenvalue weighted by atomic mass is 15.3. The van der Waals surface area contributed by atoms with Gasteiger partial charge in [0.2, 0.25) is 5.95 Å². The molecule has 2 aliphatic heterocycles. The standard InChI is InChI=1S/C22H32N6/c1-18-17-21(25-22(23-18)28-11-5-3-4-6-12-28)24-19-7-9-20(10-8-19)27-15-13-26(2)14-16-27/h7-10,17H,3-6,11-16H2,1-2H3,(H,23,24,25). The largest absolute Gasteiger partial charge is 0.369 e. The molecule has 6 heteroatoms. The van der Waals surface area contributed by atoms with Gasteiger partial charge in [0.15, 0.2) is 0 Å². The summed E-state index contributed by atoms with van der Waals surface area (Å²) in [5, 5.41) is 3.47. The highest BCUT2D eigenvalue weighted by molar-refractivity contribution is 5.62. The summed E-state index contributed by atoms with van der Waals surface area (Å²) in [6.07, 6.45) is 5.09. The van der Waals surface area contributed by atoms with Gasteiger partial charge in [-0.05, 0) is 51.1 Å². The maximum absolute atomic E-state index is 4.80. The molecule has 150 valence electrons.